The number of rotatable bonds is 36. The summed E-state index contributed by atoms with van der Waals surface area (Å²) in [5, 5.41) is 66.5. The van der Waals surface area contributed by atoms with Gasteiger partial charge in [0.1, 0.15) is 73.2 Å². The fourth-order valence-electron chi connectivity index (χ4n) is 6.05. The van der Waals surface area contributed by atoms with Gasteiger partial charge in [0.2, 0.25) is 0 Å². The van der Waals surface area contributed by atoms with Crippen LogP contribution in [-0.4, -0.2) is 264 Å². The molecule has 0 bridgehead atoms. The van der Waals surface area contributed by atoms with Crippen molar-refractivity contribution in [3.05, 3.63) is 0 Å². The van der Waals surface area contributed by atoms with Gasteiger partial charge in [-0.3, -0.25) is 0 Å². The fourth-order valence-corrected chi connectivity index (χ4v) is 6.05. The summed E-state index contributed by atoms with van der Waals surface area (Å²) in [6.45, 7) is 3.62. The third-order valence-corrected chi connectivity index (χ3v) is 8.99. The first kappa shape index (κ1) is 52.3. The number of hydrogen-bond acceptors (Lipinski definition) is 21. The quantitative estimate of drug-likeness (QED) is 0.0330. The summed E-state index contributed by atoms with van der Waals surface area (Å²) in [6.07, 6.45) is -15.6. The molecule has 0 amide bonds. The van der Waals surface area contributed by atoms with Crippen molar-refractivity contribution in [1.82, 2.24) is 0 Å². The van der Waals surface area contributed by atoms with Crippen molar-refractivity contribution in [3.63, 3.8) is 0 Å². The number of ether oxygens (including phenoxy) is 15. The van der Waals surface area contributed by atoms with Crippen molar-refractivity contribution in [1.29, 1.82) is 0 Å². The van der Waals surface area contributed by atoms with E-state index in [9.17, 15) is 30.6 Å². The molecule has 2 fully saturated rings. The van der Waals surface area contributed by atoms with Crippen molar-refractivity contribution >= 4 is 0 Å². The molecule has 21 nitrogen and oxygen atoms in total. The molecule has 0 heterocycles. The van der Waals surface area contributed by atoms with E-state index in [1.165, 1.54) is 0 Å². The van der Waals surface area contributed by atoms with Crippen LogP contribution in [0.5, 0.6) is 0 Å². The van der Waals surface area contributed by atoms with Gasteiger partial charge < -0.3 is 102 Å². The molecule has 2 saturated carbocycles. The number of aliphatic hydroxyl groups excluding tert-OH is 6. The Labute approximate surface area is 335 Å². The first-order chi connectivity index (χ1) is 27.7. The summed E-state index contributed by atoms with van der Waals surface area (Å²) in [4.78, 5) is 0. The van der Waals surface area contributed by atoms with Gasteiger partial charge in [-0.1, -0.05) is 0 Å². The molecular formula is C36H70O21. The minimum Gasteiger partial charge on any atom is -0.387 e. The average Bonchev–Trinajstić information content (AvgIpc) is 3.20. The Morgan fingerprint density at radius 2 is 0.368 bits per heavy atom. The molecule has 2 aliphatic rings. The van der Waals surface area contributed by atoms with Crippen LogP contribution in [0.15, 0.2) is 0 Å². The fraction of sp³-hybridized carbons (Fsp3) is 1.00. The van der Waals surface area contributed by atoms with Crippen LogP contribution in [0.4, 0.5) is 0 Å². The first-order valence-electron chi connectivity index (χ1n) is 19.4. The molecule has 21 heteroatoms. The highest BCUT2D eigenvalue weighted by atomic mass is 16.6. The lowest BCUT2D eigenvalue weighted by Crippen LogP contribution is -2.66. The Kier molecular flexibility index (Phi) is 30.2. The van der Waals surface area contributed by atoms with Crippen LogP contribution in [0.25, 0.3) is 0 Å². The van der Waals surface area contributed by atoms with Gasteiger partial charge >= 0.3 is 0 Å². The van der Waals surface area contributed by atoms with E-state index in [-0.39, 0.29) is 79.3 Å². The maximum atomic E-state index is 11.1. The SMILES string of the molecule is COCCOCCOC1C(O)[C@H](OCCOCCO[C@@H]2C(O)C(OCCOCCOC)[C@H](O)C(OCCOCCOC)[C@H]2O)[C@@H](O)C(OCCOCCOC)[C@@H]1O. The molecule has 6 N–H and O–H groups in total. The van der Waals surface area contributed by atoms with Crippen LogP contribution in [-0.2, 0) is 71.1 Å². The molecule has 0 aromatic rings. The van der Waals surface area contributed by atoms with Crippen LogP contribution in [0, 0.1) is 0 Å². The largest absolute Gasteiger partial charge is 0.387 e. The van der Waals surface area contributed by atoms with Gasteiger partial charge in [0.25, 0.3) is 0 Å². The van der Waals surface area contributed by atoms with Crippen molar-refractivity contribution in [2.45, 2.75) is 73.2 Å². The van der Waals surface area contributed by atoms with Gasteiger partial charge in [0, 0.05) is 28.4 Å². The molecule has 6 unspecified atom stereocenters. The molecular weight excluding hydrogens is 768 g/mol. The lowest BCUT2D eigenvalue weighted by molar-refractivity contribution is -0.261. The second-order valence-corrected chi connectivity index (χ2v) is 13.0. The van der Waals surface area contributed by atoms with Crippen LogP contribution in [0.3, 0.4) is 0 Å². The molecule has 340 valence electrons. The van der Waals surface area contributed by atoms with Crippen molar-refractivity contribution in [2.75, 3.05) is 161 Å². The Morgan fingerprint density at radius 3 is 0.509 bits per heavy atom. The molecule has 2 aliphatic carbocycles. The molecule has 0 saturated heterocycles. The molecule has 12 atom stereocenters. The van der Waals surface area contributed by atoms with E-state index >= 15 is 0 Å². The second kappa shape index (κ2) is 32.9. The zero-order valence-corrected chi connectivity index (χ0v) is 33.9. The van der Waals surface area contributed by atoms with Crippen molar-refractivity contribution in [2.24, 2.45) is 0 Å². The summed E-state index contributed by atoms with van der Waals surface area (Å²) >= 11 is 0. The van der Waals surface area contributed by atoms with Gasteiger partial charge in [0.15, 0.2) is 0 Å². The molecule has 0 spiro atoms. The van der Waals surface area contributed by atoms with Crippen LogP contribution in [0.1, 0.15) is 0 Å². The summed E-state index contributed by atoms with van der Waals surface area (Å²) in [7, 11) is 6.20. The molecule has 0 aromatic carbocycles. The number of methoxy groups -OCH3 is 4. The van der Waals surface area contributed by atoms with E-state index in [1.807, 2.05) is 0 Å². The predicted octanol–water partition coefficient (Wildman–Crippen LogP) is -3.84. The van der Waals surface area contributed by atoms with Gasteiger partial charge in [0.05, 0.1) is 132 Å². The summed E-state index contributed by atoms with van der Waals surface area (Å²) < 4.78 is 81.8. The highest BCUT2D eigenvalue weighted by molar-refractivity contribution is 5.02. The number of hydrogen-bond donors (Lipinski definition) is 6. The molecule has 2 rings (SSSR count). The molecule has 0 aliphatic heterocycles. The van der Waals surface area contributed by atoms with E-state index in [4.69, 9.17) is 71.1 Å². The van der Waals surface area contributed by atoms with Crippen LogP contribution >= 0.6 is 0 Å². The Bertz CT molecular complexity index is 797. The van der Waals surface area contributed by atoms with Crippen molar-refractivity contribution < 1.29 is 102 Å². The third kappa shape index (κ3) is 19.6. The summed E-state index contributed by atoms with van der Waals surface area (Å²) in [5.74, 6) is 0. The summed E-state index contributed by atoms with van der Waals surface area (Å²) in [6, 6.07) is 0. The maximum Gasteiger partial charge on any atom is 0.115 e. The topological polar surface area (TPSA) is 260 Å². The number of aliphatic hydroxyl groups is 6. The zero-order valence-electron chi connectivity index (χ0n) is 33.9. The van der Waals surface area contributed by atoms with Gasteiger partial charge in [-0.2, -0.15) is 0 Å². The Morgan fingerprint density at radius 1 is 0.228 bits per heavy atom. The van der Waals surface area contributed by atoms with Gasteiger partial charge in [-0.05, 0) is 0 Å². The van der Waals surface area contributed by atoms with E-state index < -0.39 is 73.2 Å². The molecule has 57 heavy (non-hydrogen) atoms. The summed E-state index contributed by atoms with van der Waals surface area (Å²) in [5.41, 5.74) is 0. The smallest absolute Gasteiger partial charge is 0.115 e. The van der Waals surface area contributed by atoms with Gasteiger partial charge in [-0.15, -0.1) is 0 Å². The first-order valence-corrected chi connectivity index (χ1v) is 19.4. The van der Waals surface area contributed by atoms with Crippen LogP contribution < -0.4 is 0 Å². The molecule has 0 radical (unpaired) electrons. The van der Waals surface area contributed by atoms with E-state index in [0.29, 0.717) is 52.9 Å². The lowest BCUT2D eigenvalue weighted by Gasteiger charge is -2.45. The Hall–Kier alpha value is -0.840. The normalized spacial score (nSPS) is 30.6. The maximum absolute atomic E-state index is 11.1. The Balaban J connectivity index is 1.91. The highest BCUT2D eigenvalue weighted by Gasteiger charge is 2.52. The van der Waals surface area contributed by atoms with E-state index in [1.54, 1.807) is 28.4 Å². The standard InChI is InChI=1S/C36H70O21/c1-43-5-9-47-13-19-52-31-25(37)32(53-20-14-48-10-6-44-2)28(40)35(27(31)39)56-23-17-51-18-24-57-36-29(41)33(54-21-15-49-11-7-45-3)26(38)34(30(36)42)55-22-16-50-12-8-46-4/h25-42H,5-24H2,1-4H3/t25-,26-,27-,28?,29?,30+,31?,32?,33?,34?,35+,36+. The van der Waals surface area contributed by atoms with Crippen molar-refractivity contribution in [3.8, 4) is 0 Å². The monoisotopic (exact) mass is 838 g/mol. The van der Waals surface area contributed by atoms with E-state index in [0.717, 1.165) is 0 Å². The van der Waals surface area contributed by atoms with Gasteiger partial charge in [-0.25, -0.2) is 0 Å². The zero-order chi connectivity index (χ0) is 41.7. The van der Waals surface area contributed by atoms with E-state index in [2.05, 4.69) is 0 Å². The highest BCUT2D eigenvalue weighted by Crippen LogP contribution is 2.29. The predicted molar refractivity (Wildman–Crippen MR) is 196 cm³/mol. The lowest BCUT2D eigenvalue weighted by atomic mass is 9.84. The second-order valence-electron chi connectivity index (χ2n) is 13.0. The minimum absolute atomic E-state index is 0.00230. The molecule has 0 aromatic heterocycles. The third-order valence-electron chi connectivity index (χ3n) is 8.99. The average molecular weight is 839 g/mol. The minimum atomic E-state index is -1.43. The van der Waals surface area contributed by atoms with Crippen LogP contribution in [0.2, 0.25) is 0 Å².